The molecule has 0 saturated carbocycles. The van der Waals surface area contributed by atoms with E-state index in [9.17, 15) is 0 Å². The zero-order chi connectivity index (χ0) is 9.10. The van der Waals surface area contributed by atoms with Gasteiger partial charge in [0.05, 0.1) is 30.6 Å². The molecular formula is C9H13N3O. The Kier molecular flexibility index (Phi) is 2.42. The van der Waals surface area contributed by atoms with E-state index in [0.29, 0.717) is 6.61 Å². The van der Waals surface area contributed by atoms with Crippen molar-refractivity contribution in [3.63, 3.8) is 0 Å². The maximum atomic E-state index is 5.79. The average Bonchev–Trinajstić information content (AvgIpc) is 2.20. The molecule has 1 fully saturated rings. The number of rotatable bonds is 1. The van der Waals surface area contributed by atoms with E-state index in [0.717, 1.165) is 24.5 Å². The predicted molar refractivity (Wildman–Crippen MR) is 50.2 cm³/mol. The van der Waals surface area contributed by atoms with Crippen molar-refractivity contribution in [1.82, 2.24) is 10.3 Å². The topological polar surface area (TPSA) is 60.2 Å². The van der Waals surface area contributed by atoms with E-state index < -0.39 is 0 Å². The minimum Gasteiger partial charge on any atom is -0.397 e. The fraction of sp³-hybridized carbons (Fsp3) is 0.444. The Morgan fingerprint density at radius 2 is 2.54 bits per heavy atom. The van der Waals surface area contributed by atoms with Crippen LogP contribution in [-0.2, 0) is 4.74 Å². The van der Waals surface area contributed by atoms with Gasteiger partial charge in [-0.1, -0.05) is 0 Å². The van der Waals surface area contributed by atoms with Gasteiger partial charge >= 0.3 is 0 Å². The predicted octanol–water partition coefficient (Wildman–Crippen LogP) is 0.325. The van der Waals surface area contributed by atoms with Crippen LogP contribution < -0.4 is 11.1 Å². The standard InChI is InChI=1S/C9H13N3O/c10-7-2-1-3-12-9(7)8-6-13-5-4-11-8/h1-3,8,11H,4-6,10H2. The van der Waals surface area contributed by atoms with Crippen molar-refractivity contribution < 1.29 is 4.74 Å². The Morgan fingerprint density at radius 1 is 1.62 bits per heavy atom. The highest BCUT2D eigenvalue weighted by atomic mass is 16.5. The van der Waals surface area contributed by atoms with Crippen LogP contribution in [0.2, 0.25) is 0 Å². The van der Waals surface area contributed by atoms with Crippen molar-refractivity contribution in [2.75, 3.05) is 25.5 Å². The van der Waals surface area contributed by atoms with Crippen molar-refractivity contribution >= 4 is 5.69 Å². The van der Waals surface area contributed by atoms with Crippen molar-refractivity contribution in [3.05, 3.63) is 24.0 Å². The normalized spacial score (nSPS) is 22.9. The van der Waals surface area contributed by atoms with E-state index in [1.807, 2.05) is 12.1 Å². The van der Waals surface area contributed by atoms with Gasteiger partial charge in [-0.05, 0) is 12.1 Å². The highest BCUT2D eigenvalue weighted by molar-refractivity contribution is 5.43. The minimum atomic E-state index is 0.148. The Morgan fingerprint density at radius 3 is 3.23 bits per heavy atom. The number of anilines is 1. The Bertz CT molecular complexity index is 284. The summed E-state index contributed by atoms with van der Waals surface area (Å²) in [7, 11) is 0. The summed E-state index contributed by atoms with van der Waals surface area (Å²) in [5.41, 5.74) is 7.41. The van der Waals surface area contributed by atoms with Gasteiger partial charge in [0.1, 0.15) is 0 Å². The minimum absolute atomic E-state index is 0.148. The summed E-state index contributed by atoms with van der Waals surface area (Å²) in [5.74, 6) is 0. The number of nitrogen functional groups attached to an aromatic ring is 1. The molecule has 4 nitrogen and oxygen atoms in total. The van der Waals surface area contributed by atoms with Crippen LogP contribution in [0.1, 0.15) is 11.7 Å². The van der Waals surface area contributed by atoms with Gasteiger partial charge in [-0.3, -0.25) is 4.98 Å². The quantitative estimate of drug-likeness (QED) is 0.652. The lowest BCUT2D eigenvalue weighted by Crippen LogP contribution is -2.35. The van der Waals surface area contributed by atoms with Crippen LogP contribution in [0.5, 0.6) is 0 Å². The number of ether oxygens (including phenoxy) is 1. The van der Waals surface area contributed by atoms with E-state index in [1.165, 1.54) is 0 Å². The van der Waals surface area contributed by atoms with Crippen molar-refractivity contribution in [2.24, 2.45) is 0 Å². The fourth-order valence-corrected chi connectivity index (χ4v) is 1.46. The third-order valence-electron chi connectivity index (χ3n) is 2.12. The number of pyridine rings is 1. The van der Waals surface area contributed by atoms with Crippen LogP contribution in [0.4, 0.5) is 5.69 Å². The molecule has 1 saturated heterocycles. The molecule has 0 amide bonds. The van der Waals surface area contributed by atoms with Gasteiger partial charge in [0, 0.05) is 12.7 Å². The van der Waals surface area contributed by atoms with Crippen LogP contribution in [0, 0.1) is 0 Å². The molecule has 3 N–H and O–H groups in total. The summed E-state index contributed by atoms with van der Waals surface area (Å²) in [5, 5.41) is 3.31. The number of nitrogens with one attached hydrogen (secondary N) is 1. The zero-order valence-electron chi connectivity index (χ0n) is 7.36. The summed E-state index contributed by atoms with van der Waals surface area (Å²) in [6.07, 6.45) is 1.75. The molecule has 2 rings (SSSR count). The Hall–Kier alpha value is -1.13. The molecule has 1 aromatic rings. The number of aromatic nitrogens is 1. The zero-order valence-corrected chi connectivity index (χ0v) is 7.36. The first kappa shape index (κ1) is 8.47. The molecule has 1 unspecified atom stereocenters. The van der Waals surface area contributed by atoms with Gasteiger partial charge in [0.2, 0.25) is 0 Å². The number of hydrogen-bond donors (Lipinski definition) is 2. The lowest BCUT2D eigenvalue weighted by atomic mass is 10.1. The number of morpholine rings is 1. The molecule has 4 heteroatoms. The molecule has 0 spiro atoms. The number of hydrogen-bond acceptors (Lipinski definition) is 4. The van der Waals surface area contributed by atoms with E-state index in [-0.39, 0.29) is 6.04 Å². The Labute approximate surface area is 77.1 Å². The second kappa shape index (κ2) is 3.72. The average molecular weight is 179 g/mol. The van der Waals surface area contributed by atoms with Crippen LogP contribution in [0.15, 0.2) is 18.3 Å². The highest BCUT2D eigenvalue weighted by Gasteiger charge is 2.17. The van der Waals surface area contributed by atoms with E-state index in [1.54, 1.807) is 6.20 Å². The highest BCUT2D eigenvalue weighted by Crippen LogP contribution is 2.18. The number of nitrogens with two attached hydrogens (primary N) is 1. The number of nitrogens with zero attached hydrogens (tertiary/aromatic N) is 1. The first-order chi connectivity index (χ1) is 6.38. The van der Waals surface area contributed by atoms with Crippen molar-refractivity contribution in [2.45, 2.75) is 6.04 Å². The molecule has 0 radical (unpaired) electrons. The van der Waals surface area contributed by atoms with E-state index >= 15 is 0 Å². The molecule has 70 valence electrons. The second-order valence-electron chi connectivity index (χ2n) is 3.06. The lowest BCUT2D eigenvalue weighted by molar-refractivity contribution is 0.0758. The third kappa shape index (κ3) is 1.79. The van der Waals surface area contributed by atoms with Gasteiger partial charge in [-0.2, -0.15) is 0 Å². The maximum Gasteiger partial charge on any atom is 0.0825 e. The second-order valence-corrected chi connectivity index (χ2v) is 3.06. The molecule has 1 aliphatic rings. The fourth-order valence-electron chi connectivity index (χ4n) is 1.46. The Balaban J connectivity index is 2.18. The molecule has 0 aromatic carbocycles. The van der Waals surface area contributed by atoms with E-state index in [4.69, 9.17) is 10.5 Å². The molecule has 1 aliphatic heterocycles. The van der Waals surface area contributed by atoms with Gasteiger partial charge in [-0.15, -0.1) is 0 Å². The largest absolute Gasteiger partial charge is 0.397 e. The molecular weight excluding hydrogens is 166 g/mol. The van der Waals surface area contributed by atoms with Gasteiger partial charge in [0.15, 0.2) is 0 Å². The van der Waals surface area contributed by atoms with Crippen molar-refractivity contribution in [1.29, 1.82) is 0 Å². The van der Waals surface area contributed by atoms with Gasteiger partial charge < -0.3 is 15.8 Å². The molecule has 1 aromatic heterocycles. The maximum absolute atomic E-state index is 5.79. The summed E-state index contributed by atoms with van der Waals surface area (Å²) in [6, 6.07) is 3.84. The first-order valence-electron chi connectivity index (χ1n) is 4.39. The molecule has 2 heterocycles. The molecule has 13 heavy (non-hydrogen) atoms. The van der Waals surface area contributed by atoms with Crippen LogP contribution in [0.3, 0.4) is 0 Å². The summed E-state index contributed by atoms with van der Waals surface area (Å²) in [6.45, 7) is 2.28. The van der Waals surface area contributed by atoms with Gasteiger partial charge in [-0.25, -0.2) is 0 Å². The van der Waals surface area contributed by atoms with E-state index in [2.05, 4.69) is 10.3 Å². The summed E-state index contributed by atoms with van der Waals surface area (Å²) in [4.78, 5) is 4.23. The lowest BCUT2D eigenvalue weighted by Gasteiger charge is -2.24. The smallest absolute Gasteiger partial charge is 0.0825 e. The molecule has 0 bridgehead atoms. The van der Waals surface area contributed by atoms with Crippen LogP contribution in [-0.4, -0.2) is 24.7 Å². The van der Waals surface area contributed by atoms with Crippen LogP contribution >= 0.6 is 0 Å². The summed E-state index contributed by atoms with van der Waals surface area (Å²) < 4.78 is 5.33. The third-order valence-corrected chi connectivity index (χ3v) is 2.12. The first-order valence-corrected chi connectivity index (χ1v) is 4.39. The monoisotopic (exact) mass is 179 g/mol. The van der Waals surface area contributed by atoms with Crippen molar-refractivity contribution in [3.8, 4) is 0 Å². The van der Waals surface area contributed by atoms with Gasteiger partial charge in [0.25, 0.3) is 0 Å². The van der Waals surface area contributed by atoms with Crippen LogP contribution in [0.25, 0.3) is 0 Å². The summed E-state index contributed by atoms with van der Waals surface area (Å²) >= 11 is 0. The molecule has 0 aliphatic carbocycles. The SMILES string of the molecule is Nc1cccnc1C1COCCN1. The molecule has 1 atom stereocenters.